The Kier molecular flexibility index (Phi) is 4.13. The van der Waals surface area contributed by atoms with Crippen LogP contribution >= 0.6 is 0 Å². The van der Waals surface area contributed by atoms with Crippen LogP contribution in [-0.2, 0) is 0 Å². The number of para-hydroxylation sites is 1. The van der Waals surface area contributed by atoms with Gasteiger partial charge in [-0.1, -0.05) is 42.5 Å². The molecule has 122 valence electrons. The molecule has 1 aliphatic rings. The van der Waals surface area contributed by atoms with E-state index in [9.17, 15) is 5.11 Å². The van der Waals surface area contributed by atoms with Gasteiger partial charge in [-0.3, -0.25) is 0 Å². The number of anilines is 1. The van der Waals surface area contributed by atoms with E-state index in [4.69, 9.17) is 0 Å². The van der Waals surface area contributed by atoms with Crippen LogP contribution < -0.4 is 4.90 Å². The largest absolute Gasteiger partial charge is 0.388 e. The lowest BCUT2D eigenvalue weighted by molar-refractivity contribution is 0.0929. The SMILES string of the molecule is OC(c1ccccc1)C1CCN(c2ncnc3ccccc23)CC1. The first kappa shape index (κ1) is 15.1. The van der Waals surface area contributed by atoms with E-state index >= 15 is 0 Å². The van der Waals surface area contributed by atoms with E-state index in [1.54, 1.807) is 6.33 Å². The number of benzene rings is 2. The van der Waals surface area contributed by atoms with Crippen molar-refractivity contribution in [1.82, 2.24) is 9.97 Å². The lowest BCUT2D eigenvalue weighted by atomic mass is 9.87. The molecule has 1 N–H and O–H groups in total. The van der Waals surface area contributed by atoms with Crippen molar-refractivity contribution in [2.45, 2.75) is 18.9 Å². The van der Waals surface area contributed by atoms with Crippen molar-refractivity contribution in [3.05, 3.63) is 66.5 Å². The third-order valence-corrected chi connectivity index (χ3v) is 4.95. The minimum atomic E-state index is -0.379. The van der Waals surface area contributed by atoms with Gasteiger partial charge < -0.3 is 10.0 Å². The van der Waals surface area contributed by atoms with Crippen LogP contribution in [0.5, 0.6) is 0 Å². The zero-order chi connectivity index (χ0) is 16.4. The first-order valence-corrected chi connectivity index (χ1v) is 8.50. The molecule has 0 amide bonds. The van der Waals surface area contributed by atoms with Crippen molar-refractivity contribution >= 4 is 16.7 Å². The molecular formula is C20H21N3O. The standard InChI is InChI=1S/C20H21N3O/c24-19(15-6-2-1-3-7-15)16-10-12-23(13-11-16)20-17-8-4-5-9-18(17)21-14-22-20/h1-9,14,16,19,24H,10-13H2. The number of nitrogens with zero attached hydrogens (tertiary/aromatic N) is 3. The van der Waals surface area contributed by atoms with E-state index in [0.717, 1.165) is 48.2 Å². The molecular weight excluding hydrogens is 298 g/mol. The maximum atomic E-state index is 10.6. The molecule has 1 atom stereocenters. The van der Waals surface area contributed by atoms with Crippen LogP contribution in [0.25, 0.3) is 10.9 Å². The lowest BCUT2D eigenvalue weighted by Gasteiger charge is -2.35. The Morgan fingerprint density at radius 1 is 0.917 bits per heavy atom. The van der Waals surface area contributed by atoms with E-state index in [1.807, 2.05) is 48.5 Å². The van der Waals surface area contributed by atoms with Gasteiger partial charge >= 0.3 is 0 Å². The number of piperidine rings is 1. The summed E-state index contributed by atoms with van der Waals surface area (Å²) in [6.45, 7) is 1.82. The van der Waals surface area contributed by atoms with Crippen LogP contribution in [0.1, 0.15) is 24.5 Å². The summed E-state index contributed by atoms with van der Waals surface area (Å²) in [5, 5.41) is 11.7. The number of aliphatic hydroxyl groups is 1. The molecule has 1 fully saturated rings. The second-order valence-electron chi connectivity index (χ2n) is 6.39. The summed E-state index contributed by atoms with van der Waals surface area (Å²) in [6.07, 6.45) is 3.20. The van der Waals surface area contributed by atoms with Gasteiger partial charge in [0, 0.05) is 18.5 Å². The number of rotatable bonds is 3. The third kappa shape index (κ3) is 2.85. The summed E-state index contributed by atoms with van der Waals surface area (Å²) in [4.78, 5) is 11.2. The van der Waals surface area contributed by atoms with Gasteiger partial charge in [0.2, 0.25) is 0 Å². The number of fused-ring (bicyclic) bond motifs is 1. The first-order chi connectivity index (χ1) is 11.8. The van der Waals surface area contributed by atoms with Gasteiger partial charge in [-0.05, 0) is 36.5 Å². The maximum Gasteiger partial charge on any atom is 0.139 e. The number of hydrogen-bond donors (Lipinski definition) is 1. The molecule has 4 heteroatoms. The molecule has 2 aromatic carbocycles. The summed E-state index contributed by atoms with van der Waals surface area (Å²) in [5.74, 6) is 1.31. The van der Waals surface area contributed by atoms with E-state index in [0.29, 0.717) is 5.92 Å². The summed E-state index contributed by atoms with van der Waals surface area (Å²) in [5.41, 5.74) is 2.00. The molecule has 0 bridgehead atoms. The Morgan fingerprint density at radius 2 is 1.62 bits per heavy atom. The molecule has 0 aliphatic carbocycles. The summed E-state index contributed by atoms with van der Waals surface area (Å²) < 4.78 is 0. The Morgan fingerprint density at radius 3 is 2.42 bits per heavy atom. The van der Waals surface area contributed by atoms with Crippen LogP contribution in [0, 0.1) is 5.92 Å². The number of hydrogen-bond acceptors (Lipinski definition) is 4. The van der Waals surface area contributed by atoms with Crippen molar-refractivity contribution < 1.29 is 5.11 Å². The topological polar surface area (TPSA) is 49.2 Å². The highest BCUT2D eigenvalue weighted by Crippen LogP contribution is 2.33. The molecule has 4 nitrogen and oxygen atoms in total. The second-order valence-corrected chi connectivity index (χ2v) is 6.39. The normalized spacial score (nSPS) is 17.1. The Bertz CT molecular complexity index is 808. The molecule has 1 unspecified atom stereocenters. The van der Waals surface area contributed by atoms with Crippen LogP contribution in [0.2, 0.25) is 0 Å². The van der Waals surface area contributed by atoms with Gasteiger partial charge in [0.15, 0.2) is 0 Å². The molecule has 3 aromatic rings. The zero-order valence-corrected chi connectivity index (χ0v) is 13.5. The first-order valence-electron chi connectivity index (χ1n) is 8.50. The molecule has 0 saturated carbocycles. The average Bonchev–Trinajstić information content (AvgIpc) is 2.68. The fourth-order valence-electron chi connectivity index (χ4n) is 3.59. The van der Waals surface area contributed by atoms with Gasteiger partial charge in [-0.2, -0.15) is 0 Å². The zero-order valence-electron chi connectivity index (χ0n) is 13.5. The third-order valence-electron chi connectivity index (χ3n) is 4.95. The van der Waals surface area contributed by atoms with Crippen molar-refractivity contribution in [1.29, 1.82) is 0 Å². The van der Waals surface area contributed by atoms with Gasteiger partial charge in [-0.15, -0.1) is 0 Å². The van der Waals surface area contributed by atoms with Crippen molar-refractivity contribution in [2.24, 2.45) is 5.92 Å². The summed E-state index contributed by atoms with van der Waals surface area (Å²) in [6, 6.07) is 18.1. The van der Waals surface area contributed by atoms with Gasteiger partial charge in [0.1, 0.15) is 12.1 Å². The predicted octanol–water partition coefficient (Wildman–Crippen LogP) is 3.58. The molecule has 0 radical (unpaired) electrons. The minimum absolute atomic E-state index is 0.303. The fourth-order valence-corrected chi connectivity index (χ4v) is 3.59. The predicted molar refractivity (Wildman–Crippen MR) is 95.9 cm³/mol. The second kappa shape index (κ2) is 6.57. The van der Waals surface area contributed by atoms with Crippen molar-refractivity contribution in [2.75, 3.05) is 18.0 Å². The van der Waals surface area contributed by atoms with Crippen LogP contribution in [-0.4, -0.2) is 28.2 Å². The smallest absolute Gasteiger partial charge is 0.139 e. The Balaban J connectivity index is 1.50. The molecule has 0 spiro atoms. The average molecular weight is 319 g/mol. The highest BCUT2D eigenvalue weighted by molar-refractivity contribution is 5.89. The lowest BCUT2D eigenvalue weighted by Crippen LogP contribution is -2.36. The van der Waals surface area contributed by atoms with Crippen LogP contribution in [0.3, 0.4) is 0 Å². The van der Waals surface area contributed by atoms with Crippen molar-refractivity contribution in [3.8, 4) is 0 Å². The maximum absolute atomic E-state index is 10.6. The van der Waals surface area contributed by atoms with E-state index in [2.05, 4.69) is 20.9 Å². The van der Waals surface area contributed by atoms with Crippen LogP contribution in [0.4, 0.5) is 5.82 Å². The quantitative estimate of drug-likeness (QED) is 0.801. The van der Waals surface area contributed by atoms with Gasteiger partial charge in [0.05, 0.1) is 11.6 Å². The number of aromatic nitrogens is 2. The summed E-state index contributed by atoms with van der Waals surface area (Å²) >= 11 is 0. The highest BCUT2D eigenvalue weighted by atomic mass is 16.3. The fraction of sp³-hybridized carbons (Fsp3) is 0.300. The minimum Gasteiger partial charge on any atom is -0.388 e. The van der Waals surface area contributed by atoms with E-state index < -0.39 is 0 Å². The van der Waals surface area contributed by atoms with Gasteiger partial charge in [-0.25, -0.2) is 9.97 Å². The Hall–Kier alpha value is -2.46. The van der Waals surface area contributed by atoms with E-state index in [-0.39, 0.29) is 6.10 Å². The molecule has 24 heavy (non-hydrogen) atoms. The van der Waals surface area contributed by atoms with E-state index in [1.165, 1.54) is 0 Å². The van der Waals surface area contributed by atoms with Crippen molar-refractivity contribution in [3.63, 3.8) is 0 Å². The Labute approximate surface area is 141 Å². The molecule has 1 aromatic heterocycles. The van der Waals surface area contributed by atoms with Crippen LogP contribution in [0.15, 0.2) is 60.9 Å². The van der Waals surface area contributed by atoms with Gasteiger partial charge in [0.25, 0.3) is 0 Å². The summed E-state index contributed by atoms with van der Waals surface area (Å²) in [7, 11) is 0. The molecule has 2 heterocycles. The highest BCUT2D eigenvalue weighted by Gasteiger charge is 2.27. The number of aliphatic hydroxyl groups excluding tert-OH is 1. The monoisotopic (exact) mass is 319 g/mol. The molecule has 1 saturated heterocycles. The molecule has 1 aliphatic heterocycles. The molecule has 4 rings (SSSR count).